The van der Waals surface area contributed by atoms with Gasteiger partial charge in [-0.15, -0.1) is 0 Å². The lowest BCUT2D eigenvalue weighted by Crippen LogP contribution is -2.38. The van der Waals surface area contributed by atoms with Crippen molar-refractivity contribution in [2.75, 3.05) is 50.8 Å². The van der Waals surface area contributed by atoms with E-state index in [1.54, 1.807) is 0 Å². The molecule has 3 aliphatic heterocycles. The maximum absolute atomic E-state index is 13.9. The molecule has 0 radical (unpaired) electrons. The highest BCUT2D eigenvalue weighted by atomic mass is 31.2. The van der Waals surface area contributed by atoms with Crippen LogP contribution < -0.4 is 28.3 Å². The van der Waals surface area contributed by atoms with Crippen molar-refractivity contribution in [3.05, 3.63) is 46.0 Å². The van der Waals surface area contributed by atoms with Crippen LogP contribution >= 0.6 is 23.2 Å². The molecule has 6 unspecified atom stereocenters. The second kappa shape index (κ2) is 18.7. The lowest BCUT2D eigenvalue weighted by atomic mass is 10.1. The van der Waals surface area contributed by atoms with E-state index in [1.165, 1.54) is 18.0 Å². The molecule has 0 aliphatic carbocycles. The van der Waals surface area contributed by atoms with Gasteiger partial charge < -0.3 is 70.7 Å². The number of aliphatic hydroxyl groups excluding tert-OH is 3. The number of aromatic amines is 2. The fourth-order valence-electron chi connectivity index (χ4n) is 7.98. The number of nitrogens with zero attached hydrogens (tertiary/aromatic N) is 10. The van der Waals surface area contributed by atoms with Crippen molar-refractivity contribution in [2.45, 2.75) is 73.6 Å². The second-order valence-electron chi connectivity index (χ2n) is 15.8. The van der Waals surface area contributed by atoms with Crippen LogP contribution in [0.1, 0.15) is 18.7 Å². The maximum Gasteiger partial charge on any atom is 0.472 e. The Morgan fingerprint density at radius 1 is 0.614 bits per heavy atom. The first-order valence-corrected chi connectivity index (χ1v) is 25.2. The molecule has 14 N–H and O–H groups in total. The monoisotopic (exact) mass is 1050 g/mol. The number of ether oxygens (including phenoxy) is 4. The molecule has 0 saturated carbocycles. The summed E-state index contributed by atoms with van der Waals surface area (Å²) in [5.41, 5.74) is 15.3. The van der Waals surface area contributed by atoms with Crippen LogP contribution in [0, 0.1) is 0 Å². The number of nitrogens with two attached hydrogens (primary N) is 3. The number of nitrogen functional groups attached to an aromatic ring is 3. The number of hydrogen-bond donors (Lipinski definition) is 11. The number of phosphoric ester groups is 2. The van der Waals surface area contributed by atoms with Crippen LogP contribution in [0.2, 0.25) is 0 Å². The minimum atomic E-state index is -5.45. The molecule has 6 aromatic rings. The van der Waals surface area contributed by atoms with Crippen molar-refractivity contribution >= 4 is 74.4 Å². The van der Waals surface area contributed by atoms with Crippen molar-refractivity contribution < 1.29 is 85.3 Å². The molecular formula is C32H42N15O20P3. The predicted molar refractivity (Wildman–Crippen MR) is 228 cm³/mol. The molecule has 0 amide bonds. The highest BCUT2D eigenvalue weighted by Gasteiger charge is 2.54. The quantitative estimate of drug-likeness (QED) is 0.0394. The largest absolute Gasteiger partial charge is 0.472 e. The van der Waals surface area contributed by atoms with Crippen LogP contribution in [-0.2, 0) is 55.3 Å². The molecule has 15 atom stereocenters. The number of hydrogen-bond acceptors (Lipinski definition) is 27. The van der Waals surface area contributed by atoms with Gasteiger partial charge in [-0.05, 0) is 0 Å². The number of aliphatic hydroxyl groups is 3. The summed E-state index contributed by atoms with van der Waals surface area (Å²) < 4.78 is 93.1. The summed E-state index contributed by atoms with van der Waals surface area (Å²) in [5, 5.41) is 33.4. The van der Waals surface area contributed by atoms with Crippen molar-refractivity contribution in [3.63, 3.8) is 0 Å². The van der Waals surface area contributed by atoms with Crippen molar-refractivity contribution in [3.8, 4) is 0 Å². The third kappa shape index (κ3) is 9.61. The molecule has 9 heterocycles. The van der Waals surface area contributed by atoms with E-state index in [9.17, 15) is 53.3 Å². The van der Waals surface area contributed by atoms with Crippen LogP contribution in [0.25, 0.3) is 33.5 Å². The molecule has 35 nitrogen and oxygen atoms in total. The molecule has 6 aromatic heterocycles. The zero-order valence-electron chi connectivity index (χ0n) is 35.8. The number of aromatic nitrogens is 12. The first kappa shape index (κ1) is 49.7. The standard InChI is InChI=1S/C32H42N15O20P3/c1-59-21-20(12(4-60-68(2,53)54)65-30(21)45-7-38-13-22(33)36-6-37-23(13)45)67-70(57,58)62-5-11-19(18(50)29(64-11)47-9-40-15-25(47)42-32(35)44-27(15)52)66-69(55,56)61-3-10-16(48)17(49)28(63-10)46-8-39-14-24(46)41-31(34)43-26(14)51/h6-12,16-21,28-30,48-50H,3-5H2,1-2H3,(H,53,54)(H,55,56)(H,57,58)(H2,33,36,37)(H3,34,41,43,51)(H3,35,42,44,52)/t10-,11-,12-,16?,17+,18+,19?,20?,21+,28-,29-,30-/m1/s1. The Hall–Kier alpha value is -5.26. The fourth-order valence-corrected chi connectivity index (χ4v) is 10.3. The Labute approximate surface area is 388 Å². The van der Waals surface area contributed by atoms with Gasteiger partial charge in [0.15, 0.2) is 52.5 Å². The first-order chi connectivity index (χ1) is 33.0. The summed E-state index contributed by atoms with van der Waals surface area (Å²) in [7, 11) is -13.9. The van der Waals surface area contributed by atoms with Gasteiger partial charge in [-0.2, -0.15) is 9.97 Å². The van der Waals surface area contributed by atoms with Gasteiger partial charge >= 0.3 is 23.2 Å². The number of phosphoric acid groups is 2. The smallest absolute Gasteiger partial charge is 0.387 e. The number of imidazole rings is 3. The predicted octanol–water partition coefficient (Wildman–Crippen LogP) is -3.53. The minimum Gasteiger partial charge on any atom is -0.387 e. The van der Waals surface area contributed by atoms with E-state index in [2.05, 4.69) is 44.9 Å². The summed E-state index contributed by atoms with van der Waals surface area (Å²) in [6.45, 7) is -1.87. The molecule has 3 aliphatic rings. The van der Waals surface area contributed by atoms with Crippen LogP contribution in [-0.4, -0.2) is 177 Å². The summed E-state index contributed by atoms with van der Waals surface area (Å²) >= 11 is 0. The normalized spacial score (nSPS) is 30.9. The van der Waals surface area contributed by atoms with Gasteiger partial charge in [0.25, 0.3) is 11.1 Å². The minimum absolute atomic E-state index is 0.00671. The average molecular weight is 1050 g/mol. The molecule has 70 heavy (non-hydrogen) atoms. The third-order valence-corrected chi connectivity index (χ3v) is 13.7. The lowest BCUT2D eigenvalue weighted by molar-refractivity contribution is -0.0617. The molecular weight excluding hydrogens is 1010 g/mol. The Morgan fingerprint density at radius 3 is 1.66 bits per heavy atom. The van der Waals surface area contributed by atoms with E-state index >= 15 is 0 Å². The molecule has 38 heteroatoms. The summed E-state index contributed by atoms with van der Waals surface area (Å²) in [6, 6.07) is 0. The van der Waals surface area contributed by atoms with Gasteiger partial charge in [0.05, 0.1) is 38.8 Å². The Morgan fingerprint density at radius 2 is 1.09 bits per heavy atom. The SMILES string of the molecule is CO[C@H]1C(OP(=O)(O)OC[C@H]2O[C@@H](n3cnc4c(=O)[nH]c(N)nc43)[C@@H](O)C2OP(=O)(O)OC[C@H]2O[C@@H](n3cnc4c(=O)[nH]c(N)nc43)[C@@H](O)C2O)[C@@H](COP(C)(=O)O)O[C@H]1n1cnc2c(N)ncnc21. The van der Waals surface area contributed by atoms with Crippen LogP contribution in [0.15, 0.2) is 34.9 Å². The van der Waals surface area contributed by atoms with Gasteiger partial charge in [0.2, 0.25) is 11.9 Å². The number of anilines is 3. The average Bonchev–Trinajstić information content (AvgIpc) is 4.14. The fraction of sp³-hybridized carbons (Fsp3) is 0.531. The van der Waals surface area contributed by atoms with E-state index in [1.807, 2.05) is 0 Å². The maximum atomic E-state index is 13.9. The molecule has 0 spiro atoms. The number of methoxy groups -OCH3 is 1. The molecule has 3 fully saturated rings. The van der Waals surface area contributed by atoms with Crippen LogP contribution in [0.4, 0.5) is 17.7 Å². The van der Waals surface area contributed by atoms with Crippen LogP contribution in [0.3, 0.4) is 0 Å². The first-order valence-electron chi connectivity index (χ1n) is 20.2. The van der Waals surface area contributed by atoms with Gasteiger partial charge in [-0.1, -0.05) is 0 Å². The van der Waals surface area contributed by atoms with E-state index in [-0.39, 0.29) is 51.2 Å². The number of rotatable bonds is 17. The van der Waals surface area contributed by atoms with Gasteiger partial charge in [0, 0.05) is 13.8 Å². The highest BCUT2D eigenvalue weighted by Crippen LogP contribution is 2.53. The van der Waals surface area contributed by atoms with E-state index in [4.69, 9.17) is 58.8 Å². The van der Waals surface area contributed by atoms with Crippen molar-refractivity contribution in [1.82, 2.24) is 58.6 Å². The van der Waals surface area contributed by atoms with Gasteiger partial charge in [0.1, 0.15) is 66.8 Å². The number of H-pyrrole nitrogens is 2. The lowest BCUT2D eigenvalue weighted by Gasteiger charge is -2.27. The van der Waals surface area contributed by atoms with Crippen molar-refractivity contribution in [2.24, 2.45) is 0 Å². The Bertz CT molecular complexity index is 3200. The van der Waals surface area contributed by atoms with Crippen LogP contribution in [0.5, 0.6) is 0 Å². The summed E-state index contributed by atoms with van der Waals surface area (Å²) in [4.78, 5) is 89.8. The van der Waals surface area contributed by atoms with Gasteiger partial charge in [-0.3, -0.25) is 55.9 Å². The number of nitrogens with one attached hydrogen (secondary N) is 2. The molecule has 0 bridgehead atoms. The molecule has 0 aromatic carbocycles. The Balaban J connectivity index is 0.945. The zero-order valence-corrected chi connectivity index (χ0v) is 38.5. The Kier molecular flexibility index (Phi) is 13.3. The van der Waals surface area contributed by atoms with E-state index in [0.717, 1.165) is 34.8 Å². The zero-order chi connectivity index (χ0) is 50.2. The second-order valence-corrected chi connectivity index (χ2v) is 20.4. The molecule has 380 valence electrons. The van der Waals surface area contributed by atoms with E-state index in [0.29, 0.717) is 0 Å². The van der Waals surface area contributed by atoms with Crippen molar-refractivity contribution in [1.29, 1.82) is 0 Å². The van der Waals surface area contributed by atoms with Gasteiger partial charge in [-0.25, -0.2) is 34.0 Å². The third-order valence-electron chi connectivity index (χ3n) is 11.1. The highest BCUT2D eigenvalue weighted by molar-refractivity contribution is 7.51. The van der Waals surface area contributed by atoms with E-state index < -0.39 is 128 Å². The number of fused-ring (bicyclic) bond motifs is 3. The summed E-state index contributed by atoms with van der Waals surface area (Å²) in [6.07, 6.45) is -15.4. The molecule has 3 saturated heterocycles. The topological polar surface area (TPSA) is 504 Å². The summed E-state index contributed by atoms with van der Waals surface area (Å²) in [5.74, 6) is -0.667. The molecule has 9 rings (SSSR count).